The second-order valence-corrected chi connectivity index (χ2v) is 9.92. The van der Waals surface area contributed by atoms with E-state index in [1.165, 1.54) is 33.6 Å². The van der Waals surface area contributed by atoms with Gasteiger partial charge in [-0.2, -0.15) is 0 Å². The van der Waals surface area contributed by atoms with Gasteiger partial charge in [0, 0.05) is 17.1 Å². The number of Topliss-reactive ketones (excluding diaryl/α,β-unsaturated/α-hetero) is 1. The van der Waals surface area contributed by atoms with E-state index in [0.29, 0.717) is 41.2 Å². The van der Waals surface area contributed by atoms with E-state index in [2.05, 4.69) is 4.98 Å². The van der Waals surface area contributed by atoms with Gasteiger partial charge in [0.1, 0.15) is 0 Å². The molecule has 10 heteroatoms. The number of anilines is 1. The SMILES string of the molecule is CS(=O)(=O)N1CCCc2cc(C(=O)Cn3cnc4c(Cl)cc(Cl)cc4c3=O)ccc21. The molecule has 156 valence electrons. The van der Waals surface area contributed by atoms with Crippen molar-refractivity contribution in [2.24, 2.45) is 0 Å². The first kappa shape index (κ1) is 20.8. The van der Waals surface area contributed by atoms with Gasteiger partial charge in [0.05, 0.1) is 40.7 Å². The minimum Gasteiger partial charge on any atom is -0.292 e. The number of carbonyl (C=O) groups excluding carboxylic acids is 1. The molecule has 0 radical (unpaired) electrons. The molecule has 7 nitrogen and oxygen atoms in total. The normalized spacial score (nSPS) is 14.0. The van der Waals surface area contributed by atoms with Crippen molar-refractivity contribution in [3.63, 3.8) is 0 Å². The van der Waals surface area contributed by atoms with Crippen LogP contribution in [0.4, 0.5) is 5.69 Å². The van der Waals surface area contributed by atoms with E-state index in [9.17, 15) is 18.0 Å². The van der Waals surface area contributed by atoms with Crippen molar-refractivity contribution in [2.45, 2.75) is 19.4 Å². The fraction of sp³-hybridized carbons (Fsp3) is 0.250. The van der Waals surface area contributed by atoms with Crippen molar-refractivity contribution in [1.82, 2.24) is 9.55 Å². The largest absolute Gasteiger partial charge is 0.292 e. The van der Waals surface area contributed by atoms with Crippen LogP contribution in [0.3, 0.4) is 0 Å². The van der Waals surface area contributed by atoms with Crippen LogP contribution in [-0.2, 0) is 23.0 Å². The number of benzene rings is 2. The Morgan fingerprint density at radius 1 is 1.20 bits per heavy atom. The van der Waals surface area contributed by atoms with Crippen molar-refractivity contribution >= 4 is 55.6 Å². The molecule has 1 aliphatic heterocycles. The first-order chi connectivity index (χ1) is 14.1. The maximum Gasteiger partial charge on any atom is 0.261 e. The van der Waals surface area contributed by atoms with E-state index in [1.807, 2.05) is 0 Å². The Morgan fingerprint density at radius 3 is 2.70 bits per heavy atom. The molecule has 2 heterocycles. The summed E-state index contributed by atoms with van der Waals surface area (Å²) in [6.07, 6.45) is 3.80. The molecule has 0 aliphatic carbocycles. The summed E-state index contributed by atoms with van der Waals surface area (Å²) in [5.41, 5.74) is 1.69. The zero-order valence-electron chi connectivity index (χ0n) is 15.9. The molecule has 2 aromatic carbocycles. The second-order valence-electron chi connectivity index (χ2n) is 7.17. The van der Waals surface area contributed by atoms with Gasteiger partial charge in [-0.25, -0.2) is 13.4 Å². The van der Waals surface area contributed by atoms with Gasteiger partial charge in [0.2, 0.25) is 10.0 Å². The van der Waals surface area contributed by atoms with Crippen LogP contribution >= 0.6 is 23.2 Å². The fourth-order valence-electron chi connectivity index (χ4n) is 3.63. The molecule has 0 saturated carbocycles. The Bertz CT molecular complexity index is 1350. The highest BCUT2D eigenvalue weighted by atomic mass is 35.5. The second kappa shape index (κ2) is 7.68. The number of nitrogens with zero attached hydrogens (tertiary/aromatic N) is 3. The Morgan fingerprint density at radius 2 is 1.97 bits per heavy atom. The number of sulfonamides is 1. The van der Waals surface area contributed by atoms with Crippen LogP contribution in [0.5, 0.6) is 0 Å². The summed E-state index contributed by atoms with van der Waals surface area (Å²) in [6, 6.07) is 7.89. The Labute approximate surface area is 182 Å². The Hall–Kier alpha value is -2.42. The van der Waals surface area contributed by atoms with Crippen molar-refractivity contribution in [3.8, 4) is 0 Å². The number of hydrogen-bond acceptors (Lipinski definition) is 5. The fourth-order valence-corrected chi connectivity index (χ4v) is 5.17. The molecule has 1 aromatic heterocycles. The van der Waals surface area contributed by atoms with Crippen LogP contribution in [0.25, 0.3) is 10.9 Å². The van der Waals surface area contributed by atoms with Crippen LogP contribution in [0, 0.1) is 0 Å². The first-order valence-corrected chi connectivity index (χ1v) is 11.7. The van der Waals surface area contributed by atoms with E-state index in [1.54, 1.807) is 18.2 Å². The van der Waals surface area contributed by atoms with Gasteiger partial charge in [-0.1, -0.05) is 23.2 Å². The molecular formula is C20H17Cl2N3O4S. The van der Waals surface area contributed by atoms with Gasteiger partial charge in [-0.05, 0) is 48.7 Å². The maximum absolute atomic E-state index is 12.8. The van der Waals surface area contributed by atoms with Gasteiger partial charge in [0.25, 0.3) is 5.56 Å². The lowest BCUT2D eigenvalue weighted by Crippen LogP contribution is -2.34. The molecule has 0 unspecified atom stereocenters. The smallest absolute Gasteiger partial charge is 0.261 e. The van der Waals surface area contributed by atoms with Gasteiger partial charge in [-0.15, -0.1) is 0 Å². The highest BCUT2D eigenvalue weighted by molar-refractivity contribution is 7.92. The van der Waals surface area contributed by atoms with Gasteiger partial charge >= 0.3 is 0 Å². The lowest BCUT2D eigenvalue weighted by molar-refractivity contribution is 0.0970. The number of aryl methyl sites for hydroxylation is 1. The lowest BCUT2D eigenvalue weighted by Gasteiger charge is -2.29. The Balaban J connectivity index is 1.67. The van der Waals surface area contributed by atoms with Crippen molar-refractivity contribution in [1.29, 1.82) is 0 Å². The summed E-state index contributed by atoms with van der Waals surface area (Å²) in [4.78, 5) is 29.8. The molecule has 1 aliphatic rings. The van der Waals surface area contributed by atoms with Crippen molar-refractivity contribution in [3.05, 3.63) is 68.2 Å². The summed E-state index contributed by atoms with van der Waals surface area (Å²) in [6.45, 7) is 0.211. The number of aromatic nitrogens is 2. The average molecular weight is 466 g/mol. The zero-order chi connectivity index (χ0) is 21.6. The van der Waals surface area contributed by atoms with Crippen molar-refractivity contribution in [2.75, 3.05) is 17.1 Å². The molecular weight excluding hydrogens is 449 g/mol. The van der Waals surface area contributed by atoms with E-state index in [4.69, 9.17) is 23.2 Å². The van der Waals surface area contributed by atoms with Crippen LogP contribution in [-0.4, -0.2) is 36.6 Å². The van der Waals surface area contributed by atoms with E-state index in [-0.39, 0.29) is 22.7 Å². The van der Waals surface area contributed by atoms with E-state index < -0.39 is 15.6 Å². The zero-order valence-corrected chi connectivity index (χ0v) is 18.3. The number of carbonyl (C=O) groups is 1. The molecule has 0 saturated heterocycles. The topological polar surface area (TPSA) is 89.3 Å². The minimum atomic E-state index is -3.38. The predicted octanol–water partition coefficient (Wildman–Crippen LogP) is 3.30. The summed E-state index contributed by atoms with van der Waals surface area (Å²) in [7, 11) is -3.38. The van der Waals surface area contributed by atoms with Crippen LogP contribution in [0.1, 0.15) is 22.3 Å². The van der Waals surface area contributed by atoms with Crippen LogP contribution in [0.15, 0.2) is 41.5 Å². The average Bonchev–Trinajstić information content (AvgIpc) is 2.68. The van der Waals surface area contributed by atoms with E-state index >= 15 is 0 Å². The summed E-state index contributed by atoms with van der Waals surface area (Å²) >= 11 is 12.1. The summed E-state index contributed by atoms with van der Waals surface area (Å²) in [5, 5.41) is 0.802. The number of hydrogen-bond donors (Lipinski definition) is 0. The molecule has 0 bridgehead atoms. The number of halogens is 2. The molecule has 0 atom stereocenters. The summed E-state index contributed by atoms with van der Waals surface area (Å²) < 4.78 is 26.6. The predicted molar refractivity (Wildman–Crippen MR) is 117 cm³/mol. The van der Waals surface area contributed by atoms with E-state index in [0.717, 1.165) is 5.56 Å². The quantitative estimate of drug-likeness (QED) is 0.551. The van der Waals surface area contributed by atoms with Crippen LogP contribution < -0.4 is 9.86 Å². The first-order valence-electron chi connectivity index (χ1n) is 9.13. The number of rotatable bonds is 4. The molecule has 0 spiro atoms. The lowest BCUT2D eigenvalue weighted by atomic mass is 9.99. The third-order valence-electron chi connectivity index (χ3n) is 5.04. The molecule has 0 fully saturated rings. The molecule has 0 amide bonds. The number of fused-ring (bicyclic) bond motifs is 2. The molecule has 0 N–H and O–H groups in total. The third kappa shape index (κ3) is 3.82. The molecule has 4 rings (SSSR count). The molecule has 3 aromatic rings. The van der Waals surface area contributed by atoms with Crippen LogP contribution in [0.2, 0.25) is 10.0 Å². The molecule has 30 heavy (non-hydrogen) atoms. The van der Waals surface area contributed by atoms with Gasteiger partial charge in [-0.3, -0.25) is 18.5 Å². The highest BCUT2D eigenvalue weighted by Crippen LogP contribution is 2.30. The number of ketones is 1. The third-order valence-corrected chi connectivity index (χ3v) is 6.72. The monoisotopic (exact) mass is 465 g/mol. The highest BCUT2D eigenvalue weighted by Gasteiger charge is 2.25. The van der Waals surface area contributed by atoms with Gasteiger partial charge < -0.3 is 0 Å². The minimum absolute atomic E-state index is 0.208. The van der Waals surface area contributed by atoms with Gasteiger partial charge in [0.15, 0.2) is 5.78 Å². The summed E-state index contributed by atoms with van der Waals surface area (Å²) in [5.74, 6) is -0.286. The van der Waals surface area contributed by atoms with Crippen molar-refractivity contribution < 1.29 is 13.2 Å². The Kier molecular flexibility index (Phi) is 5.34. The standard InChI is InChI=1S/C20H17Cl2N3O4S/c1-30(28,29)25-6-2-3-12-7-13(4-5-17(12)25)18(26)10-24-11-23-19-15(20(24)27)8-14(21)9-16(19)22/h4-5,7-9,11H,2-3,6,10H2,1H3. The maximum atomic E-state index is 12.8.